The van der Waals surface area contributed by atoms with E-state index in [2.05, 4.69) is 31.9 Å². The van der Waals surface area contributed by atoms with Crippen molar-refractivity contribution in [2.45, 2.75) is 0 Å². The minimum Gasteiger partial charge on any atom is -0.475 e. The summed E-state index contributed by atoms with van der Waals surface area (Å²) in [6, 6.07) is 1.48. The Morgan fingerprint density at radius 2 is 2.00 bits per heavy atom. The van der Waals surface area contributed by atoms with Crippen LogP contribution in [0.5, 0.6) is 0 Å². The van der Waals surface area contributed by atoms with Gasteiger partial charge in [-0.25, -0.2) is 4.79 Å². The molecule has 0 aromatic carbocycles. The number of aliphatic carboxylic acids is 1. The number of carboxylic acid groups (broad SMARTS) is 1. The van der Waals surface area contributed by atoms with E-state index in [9.17, 15) is 9.59 Å². The minimum absolute atomic E-state index is 0.209. The maximum atomic E-state index is 10.9. The summed E-state index contributed by atoms with van der Waals surface area (Å²) in [4.78, 5) is 21.3. The Kier molecular flexibility index (Phi) is 3.03. The van der Waals surface area contributed by atoms with Gasteiger partial charge in [0.05, 0.1) is 8.66 Å². The predicted molar refractivity (Wildman–Crippen MR) is 51.7 cm³/mol. The van der Waals surface area contributed by atoms with Crippen LogP contribution in [0.2, 0.25) is 0 Å². The van der Waals surface area contributed by atoms with E-state index in [4.69, 9.17) is 5.11 Å². The zero-order valence-corrected chi connectivity index (χ0v) is 9.49. The minimum atomic E-state index is -1.43. The van der Waals surface area contributed by atoms with Crippen LogP contribution in [0.3, 0.4) is 0 Å². The second-order valence-corrected chi connectivity index (χ2v) is 5.09. The first-order chi connectivity index (χ1) is 5.52. The number of rotatable bonds is 2. The zero-order valence-electron chi connectivity index (χ0n) is 5.51. The molecule has 0 fully saturated rings. The maximum Gasteiger partial charge on any atom is 0.378 e. The first-order valence-corrected chi connectivity index (χ1v) is 5.15. The van der Waals surface area contributed by atoms with Crippen LogP contribution < -0.4 is 0 Å². The summed E-state index contributed by atoms with van der Waals surface area (Å²) >= 11 is 7.40. The van der Waals surface area contributed by atoms with E-state index in [0.717, 1.165) is 11.3 Å². The summed E-state index contributed by atoms with van der Waals surface area (Å²) in [6.45, 7) is 0. The Labute approximate surface area is 88.7 Å². The Morgan fingerprint density at radius 3 is 2.33 bits per heavy atom. The third kappa shape index (κ3) is 1.94. The van der Waals surface area contributed by atoms with Crippen LogP contribution in [0, 0.1) is 0 Å². The lowest BCUT2D eigenvalue weighted by Crippen LogP contribution is -2.10. The van der Waals surface area contributed by atoms with E-state index in [-0.39, 0.29) is 4.88 Å². The number of hydrogen-bond donors (Lipinski definition) is 1. The Hall–Kier alpha value is -0.200. The van der Waals surface area contributed by atoms with E-state index in [1.54, 1.807) is 0 Å². The first kappa shape index (κ1) is 9.88. The normalized spacial score (nSPS) is 9.83. The highest BCUT2D eigenvalue weighted by Gasteiger charge is 2.18. The van der Waals surface area contributed by atoms with Crippen LogP contribution in [0.15, 0.2) is 14.3 Å². The van der Waals surface area contributed by atoms with Gasteiger partial charge in [0, 0.05) is 4.47 Å². The molecule has 0 aliphatic rings. The van der Waals surface area contributed by atoms with E-state index >= 15 is 0 Å². The van der Waals surface area contributed by atoms with Gasteiger partial charge in [-0.1, -0.05) is 0 Å². The highest BCUT2D eigenvalue weighted by atomic mass is 79.9. The van der Waals surface area contributed by atoms with Crippen LogP contribution in [-0.4, -0.2) is 16.9 Å². The van der Waals surface area contributed by atoms with Crippen molar-refractivity contribution in [3.63, 3.8) is 0 Å². The molecule has 0 spiro atoms. The number of hydrogen-bond acceptors (Lipinski definition) is 3. The molecule has 0 unspecified atom stereocenters. The third-order valence-electron chi connectivity index (χ3n) is 1.06. The second kappa shape index (κ2) is 3.68. The van der Waals surface area contributed by atoms with Crippen molar-refractivity contribution in [1.82, 2.24) is 0 Å². The molecule has 0 aliphatic carbocycles. The molecule has 0 saturated carbocycles. The van der Waals surface area contributed by atoms with Gasteiger partial charge in [-0.3, -0.25) is 4.79 Å². The molecule has 0 aliphatic heterocycles. The largest absolute Gasteiger partial charge is 0.475 e. The van der Waals surface area contributed by atoms with Gasteiger partial charge in [-0.15, -0.1) is 11.3 Å². The van der Waals surface area contributed by atoms with E-state index < -0.39 is 11.8 Å². The molecule has 6 heteroatoms. The molecule has 1 rings (SSSR count). The second-order valence-electron chi connectivity index (χ2n) is 1.87. The molecular weight excluding hydrogens is 312 g/mol. The van der Waals surface area contributed by atoms with Crippen molar-refractivity contribution in [1.29, 1.82) is 0 Å². The lowest BCUT2D eigenvalue weighted by molar-refractivity contribution is -0.131. The van der Waals surface area contributed by atoms with Gasteiger partial charge in [0.2, 0.25) is 0 Å². The molecule has 0 bridgehead atoms. The standard InChI is InChI=1S/C6H2Br2O3S/c7-2-1-3(12-5(2)8)4(9)6(10)11/h1H,(H,10,11). The number of halogens is 2. The summed E-state index contributed by atoms with van der Waals surface area (Å²) in [5.41, 5.74) is 0. The van der Waals surface area contributed by atoms with Crippen molar-refractivity contribution >= 4 is 54.9 Å². The van der Waals surface area contributed by atoms with Crippen molar-refractivity contribution in [3.05, 3.63) is 19.2 Å². The highest BCUT2D eigenvalue weighted by Crippen LogP contribution is 2.32. The molecule has 1 heterocycles. The molecule has 0 atom stereocenters. The van der Waals surface area contributed by atoms with Crippen LogP contribution in [0.1, 0.15) is 9.67 Å². The van der Waals surface area contributed by atoms with Crippen molar-refractivity contribution in [3.8, 4) is 0 Å². The molecular formula is C6H2Br2O3S. The topological polar surface area (TPSA) is 54.4 Å². The lowest BCUT2D eigenvalue weighted by atomic mass is 10.3. The fraction of sp³-hybridized carbons (Fsp3) is 0. The molecule has 0 amide bonds. The van der Waals surface area contributed by atoms with Gasteiger partial charge in [0.1, 0.15) is 0 Å². The Morgan fingerprint density at radius 1 is 1.42 bits per heavy atom. The first-order valence-electron chi connectivity index (χ1n) is 2.75. The number of thiophene rings is 1. The van der Waals surface area contributed by atoms with Gasteiger partial charge >= 0.3 is 5.97 Å². The fourth-order valence-electron chi connectivity index (χ4n) is 0.564. The van der Waals surface area contributed by atoms with E-state index in [1.165, 1.54) is 6.07 Å². The number of Topliss-reactive ketones (excluding diaryl/α,β-unsaturated/α-hetero) is 1. The lowest BCUT2D eigenvalue weighted by Gasteiger charge is -1.85. The molecule has 1 aromatic rings. The highest BCUT2D eigenvalue weighted by molar-refractivity contribution is 9.13. The quantitative estimate of drug-likeness (QED) is 0.674. The number of carbonyl (C=O) groups excluding carboxylic acids is 1. The number of ketones is 1. The van der Waals surface area contributed by atoms with Gasteiger partial charge in [0.15, 0.2) is 0 Å². The number of carbonyl (C=O) groups is 2. The van der Waals surface area contributed by atoms with Crippen molar-refractivity contribution < 1.29 is 14.7 Å². The molecule has 1 aromatic heterocycles. The van der Waals surface area contributed by atoms with Gasteiger partial charge in [0.25, 0.3) is 5.78 Å². The Bertz CT molecular complexity index is 325. The van der Waals surface area contributed by atoms with Gasteiger partial charge < -0.3 is 5.11 Å². The number of carboxylic acids is 1. The predicted octanol–water partition coefficient (Wildman–Crippen LogP) is 2.54. The molecule has 0 radical (unpaired) electrons. The van der Waals surface area contributed by atoms with Gasteiger partial charge in [-0.05, 0) is 37.9 Å². The SMILES string of the molecule is O=C(O)C(=O)c1cc(Br)c(Br)s1. The van der Waals surface area contributed by atoms with E-state index in [1.807, 2.05) is 0 Å². The molecule has 0 saturated heterocycles. The van der Waals surface area contributed by atoms with Crippen molar-refractivity contribution in [2.75, 3.05) is 0 Å². The summed E-state index contributed by atoms with van der Waals surface area (Å²) in [5, 5.41) is 8.36. The summed E-state index contributed by atoms with van der Waals surface area (Å²) in [5.74, 6) is -2.32. The fourth-order valence-corrected chi connectivity index (χ4v) is 2.53. The monoisotopic (exact) mass is 312 g/mol. The average Bonchev–Trinajstić information content (AvgIpc) is 2.30. The van der Waals surface area contributed by atoms with Crippen LogP contribution in [0.4, 0.5) is 0 Å². The summed E-state index contributed by atoms with van der Waals surface area (Å²) in [7, 11) is 0. The molecule has 1 N–H and O–H groups in total. The van der Waals surface area contributed by atoms with Gasteiger partial charge in [-0.2, -0.15) is 0 Å². The smallest absolute Gasteiger partial charge is 0.378 e. The molecule has 3 nitrogen and oxygen atoms in total. The van der Waals surface area contributed by atoms with Crippen LogP contribution in [-0.2, 0) is 4.79 Å². The molecule has 12 heavy (non-hydrogen) atoms. The van der Waals surface area contributed by atoms with Crippen molar-refractivity contribution in [2.24, 2.45) is 0 Å². The summed E-state index contributed by atoms with van der Waals surface area (Å²) < 4.78 is 1.41. The molecule has 64 valence electrons. The van der Waals surface area contributed by atoms with E-state index in [0.29, 0.717) is 8.26 Å². The Balaban J connectivity index is 3.05. The van der Waals surface area contributed by atoms with Crippen LogP contribution in [0.25, 0.3) is 0 Å². The zero-order chi connectivity index (χ0) is 9.30. The summed E-state index contributed by atoms with van der Waals surface area (Å²) in [6.07, 6.45) is 0. The average molecular weight is 314 g/mol. The third-order valence-corrected chi connectivity index (χ3v) is 4.32. The maximum absolute atomic E-state index is 10.9. The van der Waals surface area contributed by atoms with Crippen LogP contribution >= 0.6 is 43.2 Å².